The first-order valence-corrected chi connectivity index (χ1v) is 38.2. The van der Waals surface area contributed by atoms with Gasteiger partial charge in [0, 0.05) is 60.0 Å². The van der Waals surface area contributed by atoms with Crippen molar-refractivity contribution < 1.29 is 68.1 Å². The Balaban J connectivity index is 1.58. The van der Waals surface area contributed by atoms with E-state index >= 15 is 0 Å². The number of ketones is 1. The van der Waals surface area contributed by atoms with E-state index in [9.17, 15) is 68.1 Å². The second-order valence-corrected chi connectivity index (χ2v) is 28.2. The third kappa shape index (κ3) is 32.9. The van der Waals surface area contributed by atoms with Crippen LogP contribution < -0.4 is 76.1 Å². The van der Waals surface area contributed by atoms with Crippen molar-refractivity contribution in [3.05, 3.63) is 72.1 Å². The molecule has 596 valence electrons. The number of nitrogens with two attached hydrogens (primary N) is 4. The molecule has 2 aromatic carbocycles. The molecule has 107 heavy (non-hydrogen) atoms. The summed E-state index contributed by atoms with van der Waals surface area (Å²) in [4.78, 5) is 165. The summed E-state index contributed by atoms with van der Waals surface area (Å²) in [6.45, 7) is 8.29. The number of aromatic nitrogens is 2. The minimum Gasteiger partial charge on any atom is -0.394 e. The normalized spacial score (nSPS) is 14.5. The number of guanidine groups is 1. The average molecular weight is 1500 g/mol. The maximum absolute atomic E-state index is 14.8. The Hall–Kier alpha value is -9.04. The smallest absolute Gasteiger partial charge is 0.245 e. The number of carbonyl (C=O) groups excluding carboxylic acids is 11. The van der Waals surface area contributed by atoms with E-state index in [-0.39, 0.29) is 88.0 Å². The van der Waals surface area contributed by atoms with Gasteiger partial charge in [0.05, 0.1) is 25.4 Å². The van der Waals surface area contributed by atoms with Crippen LogP contribution in [0.4, 0.5) is 0 Å². The molecule has 11 atom stereocenters. The number of rotatable bonds is 55. The number of para-hydroxylation sites is 2. The van der Waals surface area contributed by atoms with E-state index < -0.39 is 133 Å². The summed E-state index contributed by atoms with van der Waals surface area (Å²) >= 11 is 0. The maximum atomic E-state index is 14.8. The van der Waals surface area contributed by atoms with Crippen LogP contribution in [0.1, 0.15) is 200 Å². The first kappa shape index (κ1) is 90.4. The molecule has 0 aliphatic carbocycles. The van der Waals surface area contributed by atoms with Gasteiger partial charge in [-0.3, -0.25) is 57.7 Å². The minimum absolute atomic E-state index is 0.0297. The number of amides is 10. The second kappa shape index (κ2) is 49.8. The van der Waals surface area contributed by atoms with E-state index in [1.165, 1.54) is 72.1 Å². The highest BCUT2D eigenvalue weighted by atomic mass is 16.3. The Labute approximate surface area is 628 Å². The van der Waals surface area contributed by atoms with Gasteiger partial charge in [0.2, 0.25) is 59.1 Å². The molecule has 0 bridgehead atoms. The first-order chi connectivity index (χ1) is 51.2. The van der Waals surface area contributed by atoms with Crippen LogP contribution in [-0.4, -0.2) is 195 Å². The van der Waals surface area contributed by atoms with Gasteiger partial charge >= 0.3 is 0 Å². The van der Waals surface area contributed by atoms with Crippen molar-refractivity contribution in [1.29, 1.82) is 0 Å². The Morgan fingerprint density at radius 1 is 0.439 bits per heavy atom. The summed E-state index contributed by atoms with van der Waals surface area (Å²) < 4.78 is 0. The summed E-state index contributed by atoms with van der Waals surface area (Å²) in [7, 11) is 0. The number of hydrogen-bond acceptors (Lipinski definition) is 17. The molecule has 0 radical (unpaired) electrons. The summed E-state index contributed by atoms with van der Waals surface area (Å²) in [5.74, 6) is -9.46. The summed E-state index contributed by atoms with van der Waals surface area (Å²) in [6, 6.07) is -0.355. The zero-order chi connectivity index (χ0) is 78.8. The van der Waals surface area contributed by atoms with E-state index in [1.54, 1.807) is 74.8 Å². The largest absolute Gasteiger partial charge is 0.394 e. The number of fused-ring (bicyclic) bond motifs is 2. The number of carbonyl (C=O) groups is 11. The van der Waals surface area contributed by atoms with Gasteiger partial charge in [0.25, 0.3) is 0 Å². The Morgan fingerprint density at radius 2 is 0.813 bits per heavy atom. The first-order valence-electron chi connectivity index (χ1n) is 38.2. The fourth-order valence-electron chi connectivity index (χ4n) is 12.4. The van der Waals surface area contributed by atoms with Crippen LogP contribution in [0.3, 0.4) is 0 Å². The van der Waals surface area contributed by atoms with Crippen molar-refractivity contribution in [2.75, 3.05) is 32.8 Å². The van der Waals surface area contributed by atoms with Gasteiger partial charge in [-0.1, -0.05) is 134 Å². The number of nitrogens with one attached hydrogen (secondary N) is 12. The van der Waals surface area contributed by atoms with Crippen molar-refractivity contribution in [3.63, 3.8) is 0 Å². The lowest BCUT2D eigenvalue weighted by Crippen LogP contribution is -2.62. The highest BCUT2D eigenvalue weighted by Crippen LogP contribution is 2.22. The van der Waals surface area contributed by atoms with Crippen LogP contribution in [0.2, 0.25) is 0 Å². The molecule has 0 saturated heterocycles. The van der Waals surface area contributed by atoms with Crippen molar-refractivity contribution in [3.8, 4) is 0 Å². The lowest BCUT2D eigenvalue weighted by molar-refractivity contribution is -0.137. The Morgan fingerprint density at radius 3 is 1.23 bits per heavy atom. The number of nitrogens with zero attached hydrogens (tertiary/aromatic N) is 1. The molecule has 10 amide bonds. The van der Waals surface area contributed by atoms with Crippen LogP contribution in [0, 0.1) is 5.92 Å². The Kier molecular flexibility index (Phi) is 42.0. The number of benzene rings is 2. The third-order valence-corrected chi connectivity index (χ3v) is 18.7. The van der Waals surface area contributed by atoms with E-state index in [0.29, 0.717) is 71.6 Å². The van der Waals surface area contributed by atoms with Crippen molar-refractivity contribution in [2.45, 2.75) is 269 Å². The molecule has 0 spiro atoms. The minimum atomic E-state index is -1.85. The fourth-order valence-corrected chi connectivity index (χ4v) is 12.4. The number of aliphatic hydroxyl groups is 3. The van der Waals surface area contributed by atoms with Crippen LogP contribution in [-0.2, 0) is 65.6 Å². The molecule has 4 aromatic rings. The van der Waals surface area contributed by atoms with Gasteiger partial charge in [-0.2, -0.15) is 0 Å². The van der Waals surface area contributed by atoms with Crippen LogP contribution in [0.5, 0.6) is 0 Å². The maximum Gasteiger partial charge on any atom is 0.245 e. The zero-order valence-electron chi connectivity index (χ0n) is 63.5. The zero-order valence-corrected chi connectivity index (χ0v) is 63.5. The van der Waals surface area contributed by atoms with Gasteiger partial charge in [-0.25, -0.2) is 0 Å². The van der Waals surface area contributed by atoms with Gasteiger partial charge in [0.15, 0.2) is 11.7 Å². The molecule has 2 heterocycles. The summed E-state index contributed by atoms with van der Waals surface area (Å²) in [5, 5.41) is 60.2. The quantitative estimate of drug-likeness (QED) is 0.0171. The monoisotopic (exact) mass is 1500 g/mol. The highest BCUT2D eigenvalue weighted by Gasteiger charge is 2.37. The van der Waals surface area contributed by atoms with Gasteiger partial charge in [-0.15, -0.1) is 0 Å². The fraction of sp³-hybridized carbons (Fsp3) is 0.632. The number of aromatic amines is 2. The molecular formula is C76H123N17O14. The van der Waals surface area contributed by atoms with Crippen LogP contribution >= 0.6 is 0 Å². The van der Waals surface area contributed by atoms with Gasteiger partial charge < -0.3 is 101 Å². The third-order valence-electron chi connectivity index (χ3n) is 18.7. The molecule has 31 nitrogen and oxygen atoms in total. The van der Waals surface area contributed by atoms with E-state index in [0.717, 1.165) is 25.7 Å². The van der Waals surface area contributed by atoms with Crippen LogP contribution in [0.15, 0.2) is 65.9 Å². The van der Waals surface area contributed by atoms with Gasteiger partial charge in [0.1, 0.15) is 54.4 Å². The number of hydrogen-bond donors (Lipinski definition) is 19. The molecule has 0 fully saturated rings. The molecule has 4 rings (SSSR count). The van der Waals surface area contributed by atoms with E-state index in [4.69, 9.17) is 22.9 Å². The van der Waals surface area contributed by atoms with Crippen molar-refractivity contribution >= 4 is 92.6 Å². The van der Waals surface area contributed by atoms with Crippen LogP contribution in [0.25, 0.3) is 21.8 Å². The molecule has 0 aliphatic heterocycles. The number of aliphatic imine (C=N–C) groups is 1. The Bertz CT molecular complexity index is 3470. The SMILES string of the molecule is CCCCCCCCCCCCCCCC(=O)N[C@@H](CCCCN)C(=O)N[C@H](CCCCN)C(=O)N[C@@H](CO)C(=O)N[C@H](Cc1c[nH]c2ccccc12)C(=O)N[C@@H](CO)C(=O)N[C@H](CCCN=C(N)N)C(=O)N[C@@H](Cc1c[nH]c2ccccc12)C(=O)N[C@H](C(=O)N[C@@H](CC(C)C)C(=O)N[C@@H](C)C(C)=O)[C@@H](C)O. The molecule has 0 saturated carbocycles. The molecule has 0 aliphatic rings. The molecule has 0 unspecified atom stereocenters. The molecule has 2 aromatic heterocycles. The second-order valence-electron chi connectivity index (χ2n) is 28.2. The summed E-state index contributed by atoms with van der Waals surface area (Å²) in [6.07, 6.45) is 18.2. The van der Waals surface area contributed by atoms with Gasteiger partial charge in [-0.05, 0) is 127 Å². The predicted octanol–water partition coefficient (Wildman–Crippen LogP) is 2.10. The van der Waals surface area contributed by atoms with E-state index in [1.807, 2.05) is 0 Å². The standard InChI is InChI=1S/C76H123N17O14/c1-7-8-9-10-11-12-13-14-15-16-17-18-19-36-65(98)85-57(33-24-26-37-77)67(99)86-58(34-25-27-38-78)69(101)91-64(46-95)74(106)89-61(41-51-43-82-55-31-22-20-29-53(51)55)71(103)92-63(45-94)73(105)87-59(35-28-39-81-76(79)80)68(100)88-62(42-52-44-83-56-32-23-21-30-54(52)56)72(104)93-66(50(6)97)75(107)90-60(40-47(2)3)70(102)84-48(4)49(5)96/h20-23,29-32,43-44,47-48,50,57-64,66,82-83,94-95,97H,7-19,24-28,33-42,45-46,77-78H2,1-6H3,(H,84,102)(H,85,98)(H,86,99)(H,87,105)(H,88,100)(H,89,106)(H,90,107)(H,91,101)(H,92,103)(H,93,104)(H4,79,80,81)/t48-,50+,57-,58+,59+,60-,61+,62-,63-,64-,66-/m0/s1. The number of H-pyrrole nitrogens is 2. The molecule has 31 heteroatoms. The topological polar surface area (TPSA) is 517 Å². The van der Waals surface area contributed by atoms with E-state index in [2.05, 4.69) is 75.1 Å². The number of unbranched alkanes of at least 4 members (excludes halogenated alkanes) is 14. The number of aliphatic hydroxyl groups excluding tert-OH is 3. The summed E-state index contributed by atoms with van der Waals surface area (Å²) in [5.41, 5.74) is 25.2. The predicted molar refractivity (Wildman–Crippen MR) is 411 cm³/mol. The molecule has 23 N–H and O–H groups in total. The van der Waals surface area contributed by atoms with Crippen molar-refractivity contribution in [2.24, 2.45) is 33.8 Å². The highest BCUT2D eigenvalue weighted by molar-refractivity contribution is 6.00. The van der Waals surface area contributed by atoms with Crippen molar-refractivity contribution in [1.82, 2.24) is 63.1 Å². The average Bonchev–Trinajstić information content (AvgIpc) is 1.74. The lowest BCUT2D eigenvalue weighted by atomic mass is 10.0. The number of Topliss-reactive ketones (excluding diaryl/α,β-unsaturated/α-hetero) is 1. The lowest BCUT2D eigenvalue weighted by Gasteiger charge is -2.29. The molecular weight excluding hydrogens is 1370 g/mol.